The first-order valence-corrected chi connectivity index (χ1v) is 7.05. The number of aliphatic carboxylic acids is 1. The Kier molecular flexibility index (Phi) is 2.86. The van der Waals surface area contributed by atoms with Crippen LogP contribution in [0.1, 0.15) is 44.1 Å². The highest BCUT2D eigenvalue weighted by molar-refractivity contribution is 6.30. The molecule has 1 aromatic rings. The maximum absolute atomic E-state index is 14.2. The van der Waals surface area contributed by atoms with Crippen LogP contribution in [0.4, 0.5) is 4.39 Å². The van der Waals surface area contributed by atoms with E-state index >= 15 is 0 Å². The molecule has 19 heavy (non-hydrogen) atoms. The average molecular weight is 283 g/mol. The Hall–Kier alpha value is -1.09. The standard InChI is InChI=1S/C15H16ClFO2/c16-11-5-3-4-10(12(11)17)15(13(18)19)8-14(9-15)6-1-2-7-14/h3-5H,1-2,6-9H2,(H,18,19). The van der Waals surface area contributed by atoms with Gasteiger partial charge in [0.1, 0.15) is 5.82 Å². The van der Waals surface area contributed by atoms with Crippen molar-refractivity contribution in [2.75, 3.05) is 0 Å². The fraction of sp³-hybridized carbons (Fsp3) is 0.533. The summed E-state index contributed by atoms with van der Waals surface area (Å²) in [6.07, 6.45) is 5.56. The van der Waals surface area contributed by atoms with Crippen molar-refractivity contribution in [3.63, 3.8) is 0 Å². The summed E-state index contributed by atoms with van der Waals surface area (Å²) >= 11 is 5.79. The molecule has 2 saturated carbocycles. The van der Waals surface area contributed by atoms with Gasteiger partial charge in [-0.2, -0.15) is 0 Å². The van der Waals surface area contributed by atoms with Gasteiger partial charge in [-0.3, -0.25) is 4.79 Å². The monoisotopic (exact) mass is 282 g/mol. The molecule has 1 N–H and O–H groups in total. The largest absolute Gasteiger partial charge is 0.481 e. The van der Waals surface area contributed by atoms with Crippen molar-refractivity contribution in [1.82, 2.24) is 0 Å². The van der Waals surface area contributed by atoms with Crippen LogP contribution in [0.3, 0.4) is 0 Å². The first-order chi connectivity index (χ1) is 8.99. The molecule has 0 bridgehead atoms. The van der Waals surface area contributed by atoms with E-state index < -0.39 is 17.2 Å². The lowest BCUT2D eigenvalue weighted by molar-refractivity contribution is -0.154. The summed E-state index contributed by atoms with van der Waals surface area (Å²) in [6.45, 7) is 0. The number of carboxylic acids is 1. The fourth-order valence-electron chi connectivity index (χ4n) is 4.04. The van der Waals surface area contributed by atoms with Crippen molar-refractivity contribution in [2.24, 2.45) is 5.41 Å². The third-order valence-corrected chi connectivity index (χ3v) is 5.19. The molecule has 0 atom stereocenters. The first kappa shape index (κ1) is 12.9. The second kappa shape index (κ2) is 4.20. The summed E-state index contributed by atoms with van der Waals surface area (Å²) in [4.78, 5) is 11.7. The van der Waals surface area contributed by atoms with Crippen molar-refractivity contribution in [3.8, 4) is 0 Å². The van der Waals surface area contributed by atoms with Gasteiger partial charge in [-0.1, -0.05) is 36.6 Å². The Morgan fingerprint density at radius 1 is 1.26 bits per heavy atom. The van der Waals surface area contributed by atoms with Crippen LogP contribution in [0.15, 0.2) is 18.2 Å². The van der Waals surface area contributed by atoms with Crippen LogP contribution in [-0.2, 0) is 10.2 Å². The van der Waals surface area contributed by atoms with Gasteiger partial charge in [-0.25, -0.2) is 4.39 Å². The zero-order valence-electron chi connectivity index (χ0n) is 10.6. The highest BCUT2D eigenvalue weighted by Crippen LogP contribution is 2.63. The molecule has 1 spiro atoms. The van der Waals surface area contributed by atoms with Gasteiger partial charge < -0.3 is 5.11 Å². The summed E-state index contributed by atoms with van der Waals surface area (Å²) in [5, 5.41) is 9.59. The quantitative estimate of drug-likeness (QED) is 0.884. The molecule has 0 amide bonds. The van der Waals surface area contributed by atoms with Crippen LogP contribution in [-0.4, -0.2) is 11.1 Å². The third-order valence-electron chi connectivity index (χ3n) is 4.89. The summed E-state index contributed by atoms with van der Waals surface area (Å²) in [6, 6.07) is 4.65. The smallest absolute Gasteiger partial charge is 0.314 e. The average Bonchev–Trinajstić information content (AvgIpc) is 2.79. The Morgan fingerprint density at radius 2 is 1.89 bits per heavy atom. The van der Waals surface area contributed by atoms with Crippen molar-refractivity contribution in [3.05, 3.63) is 34.6 Å². The first-order valence-electron chi connectivity index (χ1n) is 6.67. The molecule has 102 valence electrons. The van der Waals surface area contributed by atoms with Crippen LogP contribution in [0.5, 0.6) is 0 Å². The molecule has 2 aliphatic rings. The van der Waals surface area contributed by atoms with Gasteiger partial charge in [-0.15, -0.1) is 0 Å². The van der Waals surface area contributed by atoms with E-state index in [2.05, 4.69) is 0 Å². The topological polar surface area (TPSA) is 37.3 Å². The number of hydrogen-bond donors (Lipinski definition) is 1. The lowest BCUT2D eigenvalue weighted by Crippen LogP contribution is -2.54. The lowest BCUT2D eigenvalue weighted by Gasteiger charge is -2.52. The Morgan fingerprint density at radius 3 is 2.47 bits per heavy atom. The second-order valence-corrected chi connectivity index (χ2v) is 6.46. The van der Waals surface area contributed by atoms with Gasteiger partial charge in [0.25, 0.3) is 0 Å². The van der Waals surface area contributed by atoms with Gasteiger partial charge in [0.05, 0.1) is 10.4 Å². The van der Waals surface area contributed by atoms with Crippen molar-refractivity contribution < 1.29 is 14.3 Å². The minimum absolute atomic E-state index is 0.00509. The molecule has 1 aromatic carbocycles. The van der Waals surface area contributed by atoms with Crippen molar-refractivity contribution in [2.45, 2.75) is 43.9 Å². The van der Waals surface area contributed by atoms with Crippen LogP contribution in [0.2, 0.25) is 5.02 Å². The molecular formula is C15H16ClFO2. The maximum Gasteiger partial charge on any atom is 0.314 e. The van der Waals surface area contributed by atoms with E-state index in [0.717, 1.165) is 25.7 Å². The summed E-state index contributed by atoms with van der Waals surface area (Å²) in [7, 11) is 0. The zero-order chi connectivity index (χ0) is 13.7. The van der Waals surface area contributed by atoms with Gasteiger partial charge in [0.2, 0.25) is 0 Å². The minimum atomic E-state index is -1.07. The zero-order valence-corrected chi connectivity index (χ0v) is 11.3. The van der Waals surface area contributed by atoms with E-state index in [4.69, 9.17) is 11.6 Å². The Balaban J connectivity index is 1.99. The molecule has 0 saturated heterocycles. The van der Waals surface area contributed by atoms with Gasteiger partial charge in [0.15, 0.2) is 0 Å². The van der Waals surface area contributed by atoms with Crippen molar-refractivity contribution in [1.29, 1.82) is 0 Å². The SMILES string of the molecule is O=C(O)C1(c2cccc(Cl)c2F)CC2(CCCC2)C1. The highest BCUT2D eigenvalue weighted by atomic mass is 35.5. The number of rotatable bonds is 2. The Labute approximate surface area is 116 Å². The summed E-state index contributed by atoms with van der Waals surface area (Å²) < 4.78 is 14.2. The molecule has 3 rings (SSSR count). The molecular weight excluding hydrogens is 267 g/mol. The molecule has 0 radical (unpaired) electrons. The molecule has 0 aliphatic heterocycles. The molecule has 2 nitrogen and oxygen atoms in total. The predicted octanol–water partition coefficient (Wildman–Crippen LogP) is 4.16. The van der Waals surface area contributed by atoms with E-state index in [0.29, 0.717) is 12.8 Å². The number of halogens is 2. The lowest BCUT2D eigenvalue weighted by atomic mass is 9.49. The molecule has 2 fully saturated rings. The molecule has 2 aliphatic carbocycles. The van der Waals surface area contributed by atoms with E-state index in [9.17, 15) is 14.3 Å². The number of carboxylic acid groups (broad SMARTS) is 1. The van der Waals surface area contributed by atoms with Crippen LogP contribution >= 0.6 is 11.6 Å². The normalized spacial score (nSPS) is 23.3. The number of benzene rings is 1. The summed E-state index contributed by atoms with van der Waals surface area (Å²) in [5.74, 6) is -1.49. The highest BCUT2D eigenvalue weighted by Gasteiger charge is 2.61. The minimum Gasteiger partial charge on any atom is -0.481 e. The Bertz CT molecular complexity index is 527. The molecule has 0 aromatic heterocycles. The van der Waals surface area contributed by atoms with Gasteiger partial charge in [-0.05, 0) is 37.2 Å². The molecule has 0 unspecified atom stereocenters. The van der Waals surface area contributed by atoms with E-state index in [1.807, 2.05) is 0 Å². The second-order valence-electron chi connectivity index (χ2n) is 6.05. The van der Waals surface area contributed by atoms with Crippen molar-refractivity contribution >= 4 is 17.6 Å². The van der Waals surface area contributed by atoms with Gasteiger partial charge in [0, 0.05) is 5.56 Å². The fourth-order valence-corrected chi connectivity index (χ4v) is 4.21. The number of carbonyl (C=O) groups is 1. The van der Waals surface area contributed by atoms with E-state index in [-0.39, 0.29) is 16.0 Å². The van der Waals surface area contributed by atoms with E-state index in [1.54, 1.807) is 12.1 Å². The third kappa shape index (κ3) is 1.78. The summed E-state index contributed by atoms with van der Waals surface area (Å²) in [5.41, 5.74) is -0.683. The van der Waals surface area contributed by atoms with E-state index in [1.165, 1.54) is 6.07 Å². The number of hydrogen-bond acceptors (Lipinski definition) is 1. The van der Waals surface area contributed by atoms with Crippen LogP contribution in [0, 0.1) is 11.2 Å². The van der Waals surface area contributed by atoms with Crippen LogP contribution in [0.25, 0.3) is 0 Å². The van der Waals surface area contributed by atoms with Gasteiger partial charge >= 0.3 is 5.97 Å². The molecule has 4 heteroatoms. The van der Waals surface area contributed by atoms with Crippen LogP contribution < -0.4 is 0 Å². The predicted molar refractivity (Wildman–Crippen MR) is 70.9 cm³/mol. The molecule has 0 heterocycles. The maximum atomic E-state index is 14.2.